The Bertz CT molecular complexity index is 3530. The number of carbonyl (C=O) groups is 4. The fourth-order valence-corrected chi connectivity index (χ4v) is 10.6. The van der Waals surface area contributed by atoms with Crippen LogP contribution in [0.3, 0.4) is 0 Å². The van der Waals surface area contributed by atoms with Crippen molar-refractivity contribution in [3.8, 4) is 0 Å². The van der Waals surface area contributed by atoms with E-state index in [1.807, 2.05) is 24.3 Å². The van der Waals surface area contributed by atoms with Crippen LogP contribution in [0, 0.1) is 0 Å². The van der Waals surface area contributed by atoms with Crippen LogP contribution >= 0.6 is 44.3 Å². The topological polar surface area (TPSA) is 270 Å². The highest BCUT2D eigenvalue weighted by molar-refractivity contribution is 9.10. The van der Waals surface area contributed by atoms with Gasteiger partial charge in [0.25, 0.3) is 0 Å². The Morgan fingerprint density at radius 2 is 0.989 bits per heavy atom. The highest BCUT2D eigenvalue weighted by Gasteiger charge is 2.28. The molecule has 1 unspecified atom stereocenters. The summed E-state index contributed by atoms with van der Waals surface area (Å²) in [5.74, 6) is -0.680. The molecule has 0 bridgehead atoms. The number of aromatic amines is 2. The number of benzene rings is 6. The average molecular weight is 1360 g/mol. The van der Waals surface area contributed by atoms with Crippen molar-refractivity contribution in [1.82, 2.24) is 20.8 Å². The molecule has 2 aromatic heterocycles. The van der Waals surface area contributed by atoms with E-state index in [-0.39, 0.29) is 54.5 Å². The molecule has 16 nitrogen and oxygen atoms in total. The van der Waals surface area contributed by atoms with Gasteiger partial charge in [0.2, 0.25) is 0 Å². The van der Waals surface area contributed by atoms with E-state index in [0.29, 0.717) is 22.3 Å². The number of hydrogen-bond acceptors (Lipinski definition) is 14. The second-order valence-electron chi connectivity index (χ2n) is 22.9. The molecular weight excluding hydrogens is 1270 g/mol. The summed E-state index contributed by atoms with van der Waals surface area (Å²) in [6.07, 6.45) is 6.70. The average Bonchev–Trinajstić information content (AvgIpc) is 2.92. The first-order valence-electron chi connectivity index (χ1n) is 28.8. The zero-order valence-corrected chi connectivity index (χ0v) is 56.0. The van der Waals surface area contributed by atoms with Crippen LogP contribution in [0.1, 0.15) is 185 Å². The Kier molecular flexibility index (Phi) is 28.8. The van der Waals surface area contributed by atoms with Crippen molar-refractivity contribution in [3.05, 3.63) is 209 Å². The fraction of sp³-hybridized carbons (Fsp3) is 0.362. The maximum absolute atomic E-state index is 11.1. The van der Waals surface area contributed by atoms with E-state index in [9.17, 15) is 39.6 Å². The summed E-state index contributed by atoms with van der Waals surface area (Å²) in [6.45, 7) is 12.9. The third kappa shape index (κ3) is 21.2. The summed E-state index contributed by atoms with van der Waals surface area (Å²) in [6, 6.07) is 40.8. The van der Waals surface area contributed by atoms with Crippen molar-refractivity contribution in [2.45, 2.75) is 129 Å². The molecule has 0 amide bonds. The van der Waals surface area contributed by atoms with Gasteiger partial charge in [-0.2, -0.15) is 0 Å². The van der Waals surface area contributed by atoms with E-state index in [1.54, 1.807) is 128 Å². The number of rotatable bonds is 13. The number of ketones is 3. The molecule has 0 aliphatic heterocycles. The Hall–Kier alpha value is -6.23. The third-order valence-corrected chi connectivity index (χ3v) is 15.9. The molecule has 474 valence electrons. The zero-order chi connectivity index (χ0) is 64.4. The third-order valence-electron chi connectivity index (χ3n) is 15.0. The lowest BCUT2D eigenvalue weighted by atomic mass is 9.90. The molecule has 6 aromatic carbocycles. The van der Waals surface area contributed by atoms with E-state index >= 15 is 0 Å². The van der Waals surface area contributed by atoms with Crippen molar-refractivity contribution in [3.63, 3.8) is 0 Å². The summed E-state index contributed by atoms with van der Waals surface area (Å²) in [5, 5.41) is 54.4. The van der Waals surface area contributed by atoms with Gasteiger partial charge in [0.15, 0.2) is 17.3 Å². The number of halogens is 3. The Morgan fingerprint density at radius 1 is 0.602 bits per heavy atom. The van der Waals surface area contributed by atoms with Gasteiger partial charge in [-0.05, 0) is 176 Å². The van der Waals surface area contributed by atoms with Gasteiger partial charge in [0.05, 0.1) is 49.2 Å². The van der Waals surface area contributed by atoms with Crippen LogP contribution in [0.4, 0.5) is 0 Å². The predicted octanol–water partition coefficient (Wildman–Crippen LogP) is 13.2. The van der Waals surface area contributed by atoms with Crippen molar-refractivity contribution in [2.75, 3.05) is 34.5 Å². The van der Waals surface area contributed by atoms with Crippen LogP contribution in [0.15, 0.2) is 142 Å². The molecule has 3 atom stereocenters. The number of H-pyrrole nitrogens is 2. The second kappa shape index (κ2) is 34.1. The number of hydroxylamine groups is 1. The van der Waals surface area contributed by atoms with Gasteiger partial charge in [-0.1, -0.05) is 117 Å². The maximum atomic E-state index is 11.1. The number of nitrogens with one attached hydrogen (secondary N) is 4. The summed E-state index contributed by atoms with van der Waals surface area (Å²) in [7, 11) is 4.60. The minimum atomic E-state index is -0.902. The number of aliphatic hydroxyl groups excluding tert-OH is 2. The van der Waals surface area contributed by atoms with Gasteiger partial charge in [-0.15, -0.1) is 12.4 Å². The largest absolute Gasteiger partial charge is 0.465 e. The van der Waals surface area contributed by atoms with Gasteiger partial charge in [0.1, 0.15) is 6.61 Å². The fourth-order valence-electron chi connectivity index (χ4n) is 9.92. The van der Waals surface area contributed by atoms with Gasteiger partial charge in [0, 0.05) is 78.0 Å². The Morgan fingerprint density at radius 3 is 1.39 bits per heavy atom. The van der Waals surface area contributed by atoms with Crippen molar-refractivity contribution < 1.29 is 54.3 Å². The van der Waals surface area contributed by atoms with Crippen LogP contribution in [0.25, 0.3) is 21.8 Å². The molecule has 0 saturated carbocycles. The number of Topliss-reactive ketones (excluding diaryl/α,β-unsaturated/α-hetero) is 3. The van der Waals surface area contributed by atoms with E-state index < -0.39 is 29.4 Å². The number of hydrogen-bond donors (Lipinski definition) is 10. The van der Waals surface area contributed by atoms with Crippen molar-refractivity contribution in [2.24, 2.45) is 5.73 Å². The molecule has 2 aliphatic rings. The molecular formula is C69H86Br2ClN5O11. The van der Waals surface area contributed by atoms with Crippen molar-refractivity contribution in [1.29, 1.82) is 0 Å². The molecule has 2 heterocycles. The number of fused-ring (bicyclic) bond motifs is 6. The SMILES string of the molecule is CC(=O)c1ccc(C(C)(C)O)cc1.CC(C)(O)c1ccc(C(=O)CO)cc1.CC(C)(O)c1ccc(C(CO)N[C@@H]2CCCc3c2[nH]c2ccc(Br)cc32)cc1.CNOC.COC(=O)c1ccc(C(C)=O)cc1.Cl.N[C@@H]1CCCc2c1[nH]c1ccc(Br)cc21. The van der Waals surface area contributed by atoms with Gasteiger partial charge < -0.3 is 50.8 Å². The molecule has 0 saturated heterocycles. The van der Waals surface area contributed by atoms with E-state index in [1.165, 1.54) is 66.2 Å². The van der Waals surface area contributed by atoms with Crippen LogP contribution < -0.4 is 16.5 Å². The molecule has 88 heavy (non-hydrogen) atoms. The number of carbonyl (C=O) groups excluding carboxylic acids is 4. The summed E-state index contributed by atoms with van der Waals surface area (Å²) >= 11 is 7.10. The Balaban J connectivity index is 0.000000240. The van der Waals surface area contributed by atoms with Crippen LogP contribution in [0.2, 0.25) is 0 Å². The molecule has 0 fully saturated rings. The number of ether oxygens (including phenoxy) is 1. The van der Waals surface area contributed by atoms with E-state index in [0.717, 1.165) is 68.8 Å². The smallest absolute Gasteiger partial charge is 0.337 e. The summed E-state index contributed by atoms with van der Waals surface area (Å²) < 4.78 is 6.74. The van der Waals surface area contributed by atoms with Crippen LogP contribution in [-0.4, -0.2) is 93.3 Å². The van der Waals surface area contributed by atoms with E-state index in [4.69, 9.17) is 10.8 Å². The first kappa shape index (κ1) is 74.2. The van der Waals surface area contributed by atoms with Crippen molar-refractivity contribution >= 4 is 89.4 Å². The molecule has 10 rings (SSSR count). The number of nitrogens with two attached hydrogens (primary N) is 1. The van der Waals surface area contributed by atoms with Gasteiger partial charge in [-0.3, -0.25) is 19.7 Å². The lowest BCUT2D eigenvalue weighted by Crippen LogP contribution is -2.31. The standard InChI is InChI=1S/C23H27BrN2O2.C12H13BrN2.C11H14O3.C11H14O2.C10H10O3.C2H7NO.ClH/c1-23(2,28)15-8-6-14(7-9-15)21(13-27)25-20-5-3-4-17-18-12-16(24)10-11-19(18)26-22(17)20;13-7-4-5-11-9(6-7)8-2-1-3-10(14)12(8)15-11;1-11(2,14)9-5-3-8(4-6-9)10(13)7-12;1-8(12)9-4-6-10(7-5-9)11(2,3)13;1-7(11)8-3-5-9(6-4-8)10(12)13-2;1-3-4-2;/h6-12,20-21,25-28H,3-5,13H2,1-2H3;4-6,10,15H,1-3,14H2;3-6,12,14H,7H2,1-2H3;4-7,13H,1-3H3;3-6H,1-2H3;3H,1-2H3;1H/t20-,21?;10-;;;;;/m11...../s1. The molecule has 11 N–H and O–H groups in total. The normalized spacial score (nSPS) is 14.5. The van der Waals surface area contributed by atoms with Crippen LogP contribution in [0.5, 0.6) is 0 Å². The second-order valence-corrected chi connectivity index (χ2v) is 24.7. The first-order valence-corrected chi connectivity index (χ1v) is 30.4. The number of esters is 1. The number of methoxy groups -OCH3 is 1. The molecule has 2 aliphatic carbocycles. The van der Waals surface area contributed by atoms with E-state index in [2.05, 4.69) is 98.6 Å². The number of aliphatic hydroxyl groups is 5. The molecule has 8 aromatic rings. The molecule has 19 heteroatoms. The predicted molar refractivity (Wildman–Crippen MR) is 358 cm³/mol. The van der Waals surface area contributed by atoms with Gasteiger partial charge >= 0.3 is 5.97 Å². The molecule has 0 radical (unpaired) electrons. The minimum absolute atomic E-state index is 0. The first-order chi connectivity index (χ1) is 41.0. The summed E-state index contributed by atoms with van der Waals surface area (Å²) in [5.41, 5.74) is 19.2. The lowest BCUT2D eigenvalue weighted by Gasteiger charge is -2.29. The number of aromatic nitrogens is 2. The zero-order valence-electron chi connectivity index (χ0n) is 52.0. The quantitative estimate of drug-likeness (QED) is 0.0292. The van der Waals surface area contributed by atoms with Crippen LogP contribution in [-0.2, 0) is 39.2 Å². The highest BCUT2D eigenvalue weighted by Crippen LogP contribution is 2.38. The summed E-state index contributed by atoms with van der Waals surface area (Å²) in [4.78, 5) is 55.2. The van der Waals surface area contributed by atoms with Gasteiger partial charge in [-0.25, -0.2) is 10.3 Å². The monoisotopic (exact) mass is 1350 g/mol. The molecule has 0 spiro atoms. The maximum Gasteiger partial charge on any atom is 0.337 e. The Labute approximate surface area is 539 Å². The lowest BCUT2D eigenvalue weighted by molar-refractivity contribution is 0.0599. The number of aryl methyl sites for hydroxylation is 2. The highest BCUT2D eigenvalue weighted by atomic mass is 79.9. The minimum Gasteiger partial charge on any atom is -0.465 e.